The number of aromatic carboxylic acids is 1. The third kappa shape index (κ3) is 3.52. The first-order valence-corrected chi connectivity index (χ1v) is 16.4. The Bertz CT molecular complexity index is 1220. The number of fused-ring (bicyclic) bond motifs is 7. The highest BCUT2D eigenvalue weighted by Crippen LogP contribution is 2.77. The van der Waals surface area contributed by atoms with Gasteiger partial charge in [0.2, 0.25) is 0 Å². The molecule has 9 atom stereocenters. The van der Waals surface area contributed by atoms with Gasteiger partial charge < -0.3 is 10.2 Å². The minimum absolute atomic E-state index is 0.0157. The molecule has 4 saturated carbocycles. The Morgan fingerprint density at radius 2 is 1.72 bits per heavy atom. The number of rotatable bonds is 4. The van der Waals surface area contributed by atoms with Gasteiger partial charge >= 0.3 is 5.97 Å². The summed E-state index contributed by atoms with van der Waals surface area (Å²) < 4.78 is 0. The van der Waals surface area contributed by atoms with Crippen molar-refractivity contribution in [1.29, 1.82) is 0 Å². The Morgan fingerprint density at radius 1 is 0.974 bits per heavy atom. The predicted molar refractivity (Wildman–Crippen MR) is 161 cm³/mol. The third-order valence-corrected chi connectivity index (χ3v) is 15.3. The van der Waals surface area contributed by atoms with Crippen molar-refractivity contribution in [1.82, 2.24) is 0 Å². The summed E-state index contributed by atoms with van der Waals surface area (Å²) >= 11 is 1.44. The first-order valence-electron chi connectivity index (χ1n) is 15.6. The molecule has 6 rings (SSSR count). The summed E-state index contributed by atoms with van der Waals surface area (Å²) in [5.41, 5.74) is 3.67. The Morgan fingerprint density at radius 3 is 2.36 bits per heavy atom. The fourth-order valence-corrected chi connectivity index (χ4v) is 13.2. The summed E-state index contributed by atoms with van der Waals surface area (Å²) in [5, 5.41) is 20.3. The van der Waals surface area contributed by atoms with E-state index in [0.717, 1.165) is 11.3 Å². The second-order valence-electron chi connectivity index (χ2n) is 15.7. The monoisotopic (exact) mass is 550 g/mol. The lowest BCUT2D eigenvalue weighted by atomic mass is 9.32. The van der Waals surface area contributed by atoms with E-state index in [2.05, 4.69) is 54.2 Å². The van der Waals surface area contributed by atoms with Crippen LogP contribution in [0.3, 0.4) is 0 Å². The molecule has 0 aliphatic heterocycles. The molecule has 0 radical (unpaired) electrons. The highest BCUT2D eigenvalue weighted by atomic mass is 32.1. The summed E-state index contributed by atoms with van der Waals surface area (Å²) in [5.74, 6) is 2.28. The Hall–Kier alpha value is -1.39. The fourth-order valence-electron chi connectivity index (χ4n) is 12.2. The molecular weight excluding hydrogens is 500 g/mol. The van der Waals surface area contributed by atoms with Gasteiger partial charge in [-0.05, 0) is 139 Å². The molecule has 1 aromatic heterocycles. The SMILES string of the molecule is C=C(C)C1CCC2(CO)CCC3(C)C(CCC4C5(C)CC=C(c6ccc(C(=O)O)s6)C(C)(C)C5CCC43C)C12. The average Bonchev–Trinajstić information content (AvgIpc) is 3.50. The summed E-state index contributed by atoms with van der Waals surface area (Å²) in [6, 6.07) is 3.82. The molecule has 2 N–H and O–H groups in total. The molecule has 0 bridgehead atoms. The zero-order valence-corrected chi connectivity index (χ0v) is 25.9. The molecule has 0 spiro atoms. The van der Waals surface area contributed by atoms with Crippen molar-refractivity contribution in [2.75, 3.05) is 6.61 Å². The Labute approximate surface area is 240 Å². The molecule has 4 heteroatoms. The summed E-state index contributed by atoms with van der Waals surface area (Å²) in [6.07, 6.45) is 13.5. The van der Waals surface area contributed by atoms with Gasteiger partial charge in [0, 0.05) is 11.5 Å². The second-order valence-corrected chi connectivity index (χ2v) is 16.8. The van der Waals surface area contributed by atoms with Crippen LogP contribution in [0.4, 0.5) is 0 Å². The van der Waals surface area contributed by atoms with E-state index >= 15 is 0 Å². The van der Waals surface area contributed by atoms with E-state index in [0.29, 0.717) is 51.9 Å². The number of allylic oxidation sites excluding steroid dienone is 3. The van der Waals surface area contributed by atoms with Gasteiger partial charge in [0.1, 0.15) is 4.88 Å². The molecule has 3 nitrogen and oxygen atoms in total. The Balaban J connectivity index is 1.37. The van der Waals surface area contributed by atoms with Gasteiger partial charge in [-0.15, -0.1) is 11.3 Å². The van der Waals surface area contributed by atoms with Crippen molar-refractivity contribution in [3.8, 4) is 0 Å². The first-order chi connectivity index (χ1) is 18.2. The zero-order chi connectivity index (χ0) is 28.2. The highest BCUT2D eigenvalue weighted by molar-refractivity contribution is 7.15. The van der Waals surface area contributed by atoms with Crippen molar-refractivity contribution < 1.29 is 15.0 Å². The molecule has 214 valence electrons. The second kappa shape index (κ2) is 8.81. The van der Waals surface area contributed by atoms with Crippen LogP contribution in [-0.2, 0) is 0 Å². The molecule has 5 aliphatic carbocycles. The van der Waals surface area contributed by atoms with Gasteiger partial charge in [0.15, 0.2) is 0 Å². The number of carboxylic acids is 1. The third-order valence-electron chi connectivity index (χ3n) is 14.2. The number of thiophene rings is 1. The van der Waals surface area contributed by atoms with E-state index in [-0.39, 0.29) is 16.2 Å². The number of carbonyl (C=O) groups is 1. The van der Waals surface area contributed by atoms with E-state index in [1.807, 2.05) is 6.07 Å². The van der Waals surface area contributed by atoms with Crippen LogP contribution in [0.2, 0.25) is 0 Å². The van der Waals surface area contributed by atoms with Crippen LogP contribution in [-0.4, -0.2) is 22.8 Å². The predicted octanol–water partition coefficient (Wildman–Crippen LogP) is 9.09. The van der Waals surface area contributed by atoms with Crippen LogP contribution >= 0.6 is 11.3 Å². The lowest BCUT2D eigenvalue weighted by molar-refractivity contribution is -0.228. The average molecular weight is 551 g/mol. The number of aliphatic hydroxyl groups is 1. The molecule has 1 heterocycles. The van der Waals surface area contributed by atoms with Crippen LogP contribution < -0.4 is 0 Å². The maximum absolute atomic E-state index is 11.6. The number of aliphatic hydroxyl groups excluding tert-OH is 1. The van der Waals surface area contributed by atoms with E-state index < -0.39 is 5.97 Å². The molecule has 0 amide bonds. The van der Waals surface area contributed by atoms with E-state index in [9.17, 15) is 15.0 Å². The van der Waals surface area contributed by atoms with Crippen molar-refractivity contribution in [2.45, 2.75) is 99.3 Å². The van der Waals surface area contributed by atoms with Crippen LogP contribution in [0.1, 0.15) is 114 Å². The molecule has 5 aliphatic rings. The summed E-state index contributed by atoms with van der Waals surface area (Å²) in [6.45, 7) is 19.9. The van der Waals surface area contributed by atoms with Crippen LogP contribution in [0.25, 0.3) is 5.57 Å². The molecule has 9 unspecified atom stereocenters. The van der Waals surface area contributed by atoms with Gasteiger partial charge in [0.05, 0.1) is 0 Å². The number of carboxylic acid groups (broad SMARTS) is 1. The van der Waals surface area contributed by atoms with Gasteiger partial charge in [0.25, 0.3) is 0 Å². The van der Waals surface area contributed by atoms with E-state index in [4.69, 9.17) is 0 Å². The lowest BCUT2D eigenvalue weighted by Gasteiger charge is -2.72. The van der Waals surface area contributed by atoms with Gasteiger partial charge in [-0.1, -0.05) is 52.8 Å². The molecule has 39 heavy (non-hydrogen) atoms. The van der Waals surface area contributed by atoms with Crippen LogP contribution in [0.5, 0.6) is 0 Å². The molecule has 0 saturated heterocycles. The van der Waals surface area contributed by atoms with Crippen LogP contribution in [0, 0.1) is 56.7 Å². The Kier molecular flexibility index (Phi) is 6.27. The normalized spacial score (nSPS) is 46.3. The van der Waals surface area contributed by atoms with Crippen molar-refractivity contribution >= 4 is 22.9 Å². The minimum atomic E-state index is -0.822. The molecule has 4 fully saturated rings. The minimum Gasteiger partial charge on any atom is -0.477 e. The number of hydrogen-bond acceptors (Lipinski definition) is 3. The van der Waals surface area contributed by atoms with E-state index in [1.54, 1.807) is 6.07 Å². The highest BCUT2D eigenvalue weighted by Gasteiger charge is 2.70. The molecule has 1 aromatic rings. The lowest BCUT2D eigenvalue weighted by Crippen LogP contribution is -2.65. The fraction of sp³-hybridized carbons (Fsp3) is 0.743. The quantitative estimate of drug-likeness (QED) is 0.368. The maximum atomic E-state index is 11.6. The van der Waals surface area contributed by atoms with Crippen molar-refractivity contribution in [3.63, 3.8) is 0 Å². The first kappa shape index (κ1) is 27.8. The standard InChI is InChI=1S/C35H50O3S/c1-21(2)22-12-17-35(20-36)19-18-33(6)24(29(22)35)8-11-28-32(5)15-13-23(25-9-10-26(39-25)30(37)38)31(3,4)27(32)14-16-34(28,33)7/h9-10,13,22,24,27-29,36H,1,8,11-12,14-20H2,2-7H3,(H,37,38). The summed E-state index contributed by atoms with van der Waals surface area (Å²) in [4.78, 5) is 13.2. The molecule has 0 aromatic carbocycles. The van der Waals surface area contributed by atoms with Crippen molar-refractivity contribution in [3.05, 3.63) is 40.1 Å². The smallest absolute Gasteiger partial charge is 0.345 e. The largest absolute Gasteiger partial charge is 0.477 e. The van der Waals surface area contributed by atoms with Gasteiger partial charge in [-0.3, -0.25) is 0 Å². The zero-order valence-electron chi connectivity index (χ0n) is 25.1. The van der Waals surface area contributed by atoms with Gasteiger partial charge in [-0.2, -0.15) is 0 Å². The van der Waals surface area contributed by atoms with Crippen LogP contribution in [0.15, 0.2) is 30.4 Å². The van der Waals surface area contributed by atoms with Crippen molar-refractivity contribution in [2.24, 2.45) is 56.7 Å². The topological polar surface area (TPSA) is 57.5 Å². The van der Waals surface area contributed by atoms with Gasteiger partial charge in [-0.25, -0.2) is 4.79 Å². The summed E-state index contributed by atoms with van der Waals surface area (Å²) in [7, 11) is 0. The van der Waals surface area contributed by atoms with E-state index in [1.165, 1.54) is 73.8 Å². The number of hydrogen-bond donors (Lipinski definition) is 2. The molecular formula is C35H50O3S. The maximum Gasteiger partial charge on any atom is 0.345 e.